The number of aliphatic carboxylic acids is 2. The first kappa shape index (κ1) is 44.5. The molecule has 0 unspecified atom stereocenters. The van der Waals surface area contributed by atoms with Gasteiger partial charge in [0.1, 0.15) is 0 Å². The maximum Gasteiger partial charge on any atom is 0.330 e. The number of aliphatic hydroxyl groups is 1. The third kappa shape index (κ3) is 38.4. The Hall–Kier alpha value is -1.62. The first-order valence-corrected chi connectivity index (χ1v) is 18.6. The Kier molecular flexibility index (Phi) is 36.3. The molecule has 0 aliphatic heterocycles. The van der Waals surface area contributed by atoms with Gasteiger partial charge in [0.25, 0.3) is 0 Å². The molecular formula is C39H74O5. The van der Waals surface area contributed by atoms with Crippen molar-refractivity contribution in [3.05, 3.63) is 24.3 Å². The van der Waals surface area contributed by atoms with Gasteiger partial charge in [-0.15, -0.1) is 0 Å². The quantitative estimate of drug-likeness (QED) is 0.272. The molecule has 3 N–H and O–H groups in total. The lowest BCUT2D eigenvalue weighted by Crippen LogP contribution is -2.06. The largest absolute Gasteiger partial charge is 0.478 e. The molecule has 260 valence electrons. The predicted molar refractivity (Wildman–Crippen MR) is 189 cm³/mol. The van der Waals surface area contributed by atoms with Crippen LogP contribution < -0.4 is 0 Å². The lowest BCUT2D eigenvalue weighted by Gasteiger charge is -2.15. The van der Waals surface area contributed by atoms with E-state index >= 15 is 0 Å². The zero-order chi connectivity index (χ0) is 33.1. The summed E-state index contributed by atoms with van der Waals surface area (Å²) in [6, 6.07) is 0. The van der Waals surface area contributed by atoms with E-state index in [0.29, 0.717) is 12.5 Å². The van der Waals surface area contributed by atoms with Crippen molar-refractivity contribution < 1.29 is 24.9 Å². The molecule has 0 radical (unpaired) electrons. The summed E-state index contributed by atoms with van der Waals surface area (Å²) in [6.07, 6.45) is 42.2. The van der Waals surface area contributed by atoms with Crippen LogP contribution in [-0.2, 0) is 9.59 Å². The van der Waals surface area contributed by atoms with Crippen LogP contribution in [0.5, 0.6) is 0 Å². The first-order chi connectivity index (χ1) is 21.2. The van der Waals surface area contributed by atoms with Gasteiger partial charge in [0.05, 0.1) is 0 Å². The lowest BCUT2D eigenvalue weighted by atomic mass is 9.93. The van der Waals surface area contributed by atoms with E-state index in [0.717, 1.165) is 0 Å². The van der Waals surface area contributed by atoms with Gasteiger partial charge in [-0.1, -0.05) is 187 Å². The highest BCUT2D eigenvalue weighted by molar-refractivity contribution is 5.85. The van der Waals surface area contributed by atoms with Crippen LogP contribution >= 0.6 is 0 Å². The van der Waals surface area contributed by atoms with E-state index in [9.17, 15) is 9.59 Å². The molecule has 0 aromatic carbocycles. The zero-order valence-corrected chi connectivity index (χ0v) is 29.4. The summed E-state index contributed by atoms with van der Waals surface area (Å²) >= 11 is 0. The van der Waals surface area contributed by atoms with Gasteiger partial charge < -0.3 is 15.3 Å². The topological polar surface area (TPSA) is 94.8 Å². The number of carbonyl (C=O) groups is 2. The summed E-state index contributed by atoms with van der Waals surface area (Å²) in [5, 5.41) is 24.9. The van der Waals surface area contributed by atoms with E-state index in [-0.39, 0.29) is 11.1 Å². The fraction of sp³-hybridized carbons (Fsp3) is 0.846. The van der Waals surface area contributed by atoms with Gasteiger partial charge in [0.15, 0.2) is 0 Å². The van der Waals surface area contributed by atoms with Crippen molar-refractivity contribution in [1.82, 2.24) is 0 Å². The number of hydrogen-bond donors (Lipinski definition) is 3. The Balaban J connectivity index is 0. The monoisotopic (exact) mass is 623 g/mol. The van der Waals surface area contributed by atoms with Crippen molar-refractivity contribution in [2.24, 2.45) is 5.92 Å². The van der Waals surface area contributed by atoms with E-state index < -0.39 is 11.9 Å². The molecule has 0 bridgehead atoms. The number of hydrogen-bond acceptors (Lipinski definition) is 3. The first-order valence-electron chi connectivity index (χ1n) is 18.6. The van der Waals surface area contributed by atoms with Crippen molar-refractivity contribution in [3.63, 3.8) is 0 Å². The molecule has 5 heteroatoms. The summed E-state index contributed by atoms with van der Waals surface area (Å²) in [5.41, 5.74) is 0.352. The number of carboxylic acid groups (broad SMARTS) is 2. The van der Waals surface area contributed by atoms with Gasteiger partial charge in [-0.3, -0.25) is 0 Å². The summed E-state index contributed by atoms with van der Waals surface area (Å²) < 4.78 is 0. The van der Waals surface area contributed by atoms with E-state index in [1.807, 2.05) is 0 Å². The van der Waals surface area contributed by atoms with Crippen LogP contribution in [0.3, 0.4) is 0 Å². The average Bonchev–Trinajstić information content (AvgIpc) is 3.02. The van der Waals surface area contributed by atoms with E-state index in [4.69, 9.17) is 15.3 Å². The molecule has 3 rings (SSSR count). The van der Waals surface area contributed by atoms with Crippen LogP contribution in [0.25, 0.3) is 0 Å². The van der Waals surface area contributed by atoms with Gasteiger partial charge in [-0.25, -0.2) is 9.59 Å². The van der Waals surface area contributed by atoms with Crippen LogP contribution in [0.4, 0.5) is 0 Å². The Bertz CT molecular complexity index is 527. The van der Waals surface area contributed by atoms with E-state index in [2.05, 4.69) is 13.2 Å². The van der Waals surface area contributed by atoms with E-state index in [1.54, 1.807) is 0 Å². The highest BCUT2D eigenvalue weighted by Gasteiger charge is 2.08. The molecule has 3 aliphatic rings. The molecule has 0 amide bonds. The number of carboxylic acids is 2. The molecule has 0 aromatic rings. The maximum atomic E-state index is 9.60. The van der Waals surface area contributed by atoms with Crippen LogP contribution in [0, 0.1) is 5.92 Å². The average molecular weight is 623 g/mol. The Morgan fingerprint density at radius 2 is 0.568 bits per heavy atom. The molecule has 3 fully saturated rings. The van der Waals surface area contributed by atoms with Gasteiger partial charge in [0, 0.05) is 17.8 Å². The highest BCUT2D eigenvalue weighted by Crippen LogP contribution is 2.21. The summed E-state index contributed by atoms with van der Waals surface area (Å²) in [7, 11) is 0. The van der Waals surface area contributed by atoms with Crippen molar-refractivity contribution in [2.75, 3.05) is 6.61 Å². The second-order valence-electron chi connectivity index (χ2n) is 13.3. The van der Waals surface area contributed by atoms with Gasteiger partial charge in [-0.2, -0.15) is 0 Å². The molecule has 5 nitrogen and oxygen atoms in total. The summed E-state index contributed by atoms with van der Waals surface area (Å²) in [4.78, 5) is 19.2. The normalized spacial score (nSPS) is 19.4. The number of aliphatic hydroxyl groups excluding tert-OH is 1. The molecule has 3 aliphatic carbocycles. The zero-order valence-electron chi connectivity index (χ0n) is 29.4. The smallest absolute Gasteiger partial charge is 0.330 e. The van der Waals surface area contributed by atoms with Crippen LogP contribution in [0.2, 0.25) is 0 Å². The second kappa shape index (κ2) is 35.9. The van der Waals surface area contributed by atoms with Crippen LogP contribution in [0.15, 0.2) is 24.3 Å². The minimum Gasteiger partial charge on any atom is -0.478 e. The van der Waals surface area contributed by atoms with E-state index in [1.165, 1.54) is 200 Å². The molecule has 0 saturated heterocycles. The second-order valence-corrected chi connectivity index (χ2v) is 13.3. The predicted octanol–water partition coefficient (Wildman–Crippen LogP) is 12.2. The fourth-order valence-electron chi connectivity index (χ4n) is 5.61. The minimum atomic E-state index is -0.935. The molecule has 0 atom stereocenters. The molecule has 0 spiro atoms. The lowest BCUT2D eigenvalue weighted by molar-refractivity contribution is -0.133. The van der Waals surface area contributed by atoms with Gasteiger partial charge in [-0.05, 0) is 32.6 Å². The van der Waals surface area contributed by atoms with Crippen LogP contribution in [0.1, 0.15) is 200 Å². The number of rotatable bonds is 3. The highest BCUT2D eigenvalue weighted by atomic mass is 16.4. The van der Waals surface area contributed by atoms with Crippen molar-refractivity contribution in [1.29, 1.82) is 0 Å². The molecule has 3 saturated carbocycles. The Labute approximate surface area is 273 Å². The Morgan fingerprint density at radius 1 is 0.432 bits per heavy atom. The third-order valence-corrected chi connectivity index (χ3v) is 8.71. The third-order valence-electron chi connectivity index (χ3n) is 8.71. The minimum absolute atomic E-state index is 0.176. The van der Waals surface area contributed by atoms with Crippen molar-refractivity contribution in [3.8, 4) is 0 Å². The molecule has 0 heterocycles. The van der Waals surface area contributed by atoms with Gasteiger partial charge in [0.2, 0.25) is 0 Å². The molecule has 0 aromatic heterocycles. The van der Waals surface area contributed by atoms with Crippen molar-refractivity contribution >= 4 is 11.9 Å². The summed E-state index contributed by atoms with van der Waals surface area (Å²) in [5.74, 6) is -1.26. The van der Waals surface area contributed by atoms with Crippen molar-refractivity contribution in [2.45, 2.75) is 200 Å². The molecular weight excluding hydrogens is 548 g/mol. The SMILES string of the molecule is C1CCCCCCCCC1.C1CCCCCCCCC1.C=C(C)C(=O)O.C=C(C)C(=O)O.OCC1CCCCCCCCC1. The van der Waals surface area contributed by atoms with Gasteiger partial charge >= 0.3 is 11.9 Å². The van der Waals surface area contributed by atoms with Crippen LogP contribution in [-0.4, -0.2) is 33.9 Å². The maximum absolute atomic E-state index is 9.60. The fourth-order valence-corrected chi connectivity index (χ4v) is 5.61. The standard InChI is InChI=1S/C11H22O.2C10H20.2C4H6O2/c12-10-11-8-6-4-2-1-3-5-7-9-11;2*1-2-4-6-8-10-9-7-5-3-1;2*1-3(2)4(5)6/h11-12H,1-10H2;2*1-10H2;2*1H2,2H3,(H,5,6). The summed E-state index contributed by atoms with van der Waals surface area (Å²) in [6.45, 7) is 9.62. The molecule has 44 heavy (non-hydrogen) atoms. The Morgan fingerprint density at radius 3 is 0.682 bits per heavy atom.